The standard InChI is InChI=1S/C15H23N3O/c1-11(13-6-2-3-7-13)17-10-12-5-4-8-14(9-12)15(16)18-19/h4-5,8-9,11,13,17,19H,2-3,6-7,10H2,1H3,(H2,16,18)/t11-/m1/s1. The molecule has 1 aliphatic rings. The molecule has 0 saturated heterocycles. The minimum Gasteiger partial charge on any atom is -0.409 e. The van der Waals surface area contributed by atoms with Crippen LogP contribution in [0.4, 0.5) is 0 Å². The number of oxime groups is 1. The molecule has 4 heteroatoms. The van der Waals surface area contributed by atoms with Gasteiger partial charge in [0.2, 0.25) is 0 Å². The van der Waals surface area contributed by atoms with E-state index in [-0.39, 0.29) is 5.84 Å². The van der Waals surface area contributed by atoms with Crippen LogP contribution in [0.3, 0.4) is 0 Å². The molecular weight excluding hydrogens is 238 g/mol. The van der Waals surface area contributed by atoms with Crippen molar-refractivity contribution in [3.05, 3.63) is 35.4 Å². The Morgan fingerprint density at radius 2 is 2.21 bits per heavy atom. The van der Waals surface area contributed by atoms with E-state index in [0.717, 1.165) is 23.6 Å². The first-order valence-electron chi connectivity index (χ1n) is 7.01. The second-order valence-corrected chi connectivity index (χ2v) is 5.40. The highest BCUT2D eigenvalue weighted by Gasteiger charge is 2.20. The average Bonchev–Trinajstić information content (AvgIpc) is 2.98. The molecule has 0 bridgehead atoms. The second-order valence-electron chi connectivity index (χ2n) is 5.40. The maximum absolute atomic E-state index is 8.69. The molecule has 1 saturated carbocycles. The van der Waals surface area contributed by atoms with Gasteiger partial charge in [-0.2, -0.15) is 0 Å². The molecule has 1 atom stereocenters. The largest absolute Gasteiger partial charge is 0.409 e. The summed E-state index contributed by atoms with van der Waals surface area (Å²) in [6.45, 7) is 3.09. The SMILES string of the molecule is C[C@@H](NCc1cccc(/C(N)=N/O)c1)C1CCCC1. The molecule has 0 radical (unpaired) electrons. The summed E-state index contributed by atoms with van der Waals surface area (Å²) >= 11 is 0. The zero-order valence-electron chi connectivity index (χ0n) is 11.5. The van der Waals surface area contributed by atoms with Gasteiger partial charge in [-0.05, 0) is 37.3 Å². The molecule has 104 valence electrons. The monoisotopic (exact) mass is 261 g/mol. The Kier molecular flexibility index (Phi) is 4.80. The predicted molar refractivity (Wildman–Crippen MR) is 77.2 cm³/mol. The summed E-state index contributed by atoms with van der Waals surface area (Å²) in [5, 5.41) is 15.3. The summed E-state index contributed by atoms with van der Waals surface area (Å²) in [5.41, 5.74) is 7.52. The fraction of sp³-hybridized carbons (Fsp3) is 0.533. The third-order valence-corrected chi connectivity index (χ3v) is 4.07. The first-order chi connectivity index (χ1) is 9.20. The maximum Gasteiger partial charge on any atom is 0.170 e. The van der Waals surface area contributed by atoms with Gasteiger partial charge < -0.3 is 16.3 Å². The molecule has 0 aliphatic heterocycles. The van der Waals surface area contributed by atoms with Crippen molar-refractivity contribution in [3.63, 3.8) is 0 Å². The topological polar surface area (TPSA) is 70.6 Å². The van der Waals surface area contributed by atoms with Gasteiger partial charge in [0, 0.05) is 18.2 Å². The smallest absolute Gasteiger partial charge is 0.170 e. The molecule has 1 aliphatic carbocycles. The average molecular weight is 261 g/mol. The number of rotatable bonds is 5. The Morgan fingerprint density at radius 1 is 1.47 bits per heavy atom. The summed E-state index contributed by atoms with van der Waals surface area (Å²) in [7, 11) is 0. The van der Waals surface area contributed by atoms with Crippen molar-refractivity contribution in [1.29, 1.82) is 0 Å². The summed E-state index contributed by atoms with van der Waals surface area (Å²) in [4.78, 5) is 0. The molecule has 4 nitrogen and oxygen atoms in total. The van der Waals surface area contributed by atoms with E-state index in [2.05, 4.69) is 23.5 Å². The number of hydrogen-bond donors (Lipinski definition) is 3. The van der Waals surface area contributed by atoms with Crippen LogP contribution in [0, 0.1) is 5.92 Å². The van der Waals surface area contributed by atoms with Gasteiger partial charge in [-0.1, -0.05) is 36.2 Å². The van der Waals surface area contributed by atoms with Gasteiger partial charge in [0.25, 0.3) is 0 Å². The predicted octanol–water partition coefficient (Wildman–Crippen LogP) is 2.45. The van der Waals surface area contributed by atoms with Crippen molar-refractivity contribution in [2.24, 2.45) is 16.8 Å². The Morgan fingerprint density at radius 3 is 2.89 bits per heavy atom. The highest BCUT2D eigenvalue weighted by Crippen LogP contribution is 2.27. The highest BCUT2D eigenvalue weighted by atomic mass is 16.4. The second kappa shape index (κ2) is 6.57. The van der Waals surface area contributed by atoms with E-state index in [1.807, 2.05) is 18.2 Å². The van der Waals surface area contributed by atoms with Gasteiger partial charge in [0.05, 0.1) is 0 Å². The minimum atomic E-state index is 0.158. The Bertz CT molecular complexity index is 439. The van der Waals surface area contributed by atoms with E-state index in [0.29, 0.717) is 6.04 Å². The van der Waals surface area contributed by atoms with E-state index in [1.54, 1.807) is 0 Å². The van der Waals surface area contributed by atoms with E-state index >= 15 is 0 Å². The molecule has 1 aromatic carbocycles. The van der Waals surface area contributed by atoms with Gasteiger partial charge in [-0.25, -0.2) is 0 Å². The van der Waals surface area contributed by atoms with Crippen molar-refractivity contribution in [2.45, 2.75) is 45.2 Å². The molecule has 1 fully saturated rings. The Hall–Kier alpha value is -1.55. The van der Waals surface area contributed by atoms with Crippen LogP contribution in [0.1, 0.15) is 43.7 Å². The third kappa shape index (κ3) is 3.70. The fourth-order valence-electron chi connectivity index (χ4n) is 2.80. The van der Waals surface area contributed by atoms with E-state index < -0.39 is 0 Å². The lowest BCUT2D eigenvalue weighted by atomic mass is 9.99. The van der Waals surface area contributed by atoms with Gasteiger partial charge in [0.1, 0.15) is 0 Å². The summed E-state index contributed by atoms with van der Waals surface area (Å²) < 4.78 is 0. The Labute approximate surface area is 114 Å². The van der Waals surface area contributed by atoms with Gasteiger partial charge >= 0.3 is 0 Å². The normalized spacial score (nSPS) is 18.7. The first-order valence-corrected chi connectivity index (χ1v) is 7.01. The lowest BCUT2D eigenvalue weighted by Gasteiger charge is -2.20. The lowest BCUT2D eigenvalue weighted by Crippen LogP contribution is -2.31. The third-order valence-electron chi connectivity index (χ3n) is 4.07. The number of hydrogen-bond acceptors (Lipinski definition) is 3. The van der Waals surface area contributed by atoms with Crippen molar-refractivity contribution in [1.82, 2.24) is 5.32 Å². The summed E-state index contributed by atoms with van der Waals surface area (Å²) in [6, 6.07) is 8.35. The van der Waals surface area contributed by atoms with Crippen LogP contribution in [-0.4, -0.2) is 17.1 Å². The number of nitrogens with one attached hydrogen (secondary N) is 1. The van der Waals surface area contributed by atoms with Crippen molar-refractivity contribution < 1.29 is 5.21 Å². The molecule has 1 aromatic rings. The zero-order valence-corrected chi connectivity index (χ0v) is 11.5. The van der Waals surface area contributed by atoms with Crippen LogP contribution in [0.5, 0.6) is 0 Å². The summed E-state index contributed by atoms with van der Waals surface area (Å²) in [5.74, 6) is 0.970. The van der Waals surface area contributed by atoms with Crippen LogP contribution in [0.2, 0.25) is 0 Å². The van der Waals surface area contributed by atoms with Gasteiger partial charge in [-0.15, -0.1) is 0 Å². The quantitative estimate of drug-likeness (QED) is 0.330. The van der Waals surface area contributed by atoms with Crippen LogP contribution >= 0.6 is 0 Å². The zero-order chi connectivity index (χ0) is 13.7. The van der Waals surface area contributed by atoms with Crippen LogP contribution in [-0.2, 0) is 6.54 Å². The van der Waals surface area contributed by atoms with Crippen molar-refractivity contribution in [2.75, 3.05) is 0 Å². The van der Waals surface area contributed by atoms with Gasteiger partial charge in [0.15, 0.2) is 5.84 Å². The van der Waals surface area contributed by atoms with Crippen LogP contribution in [0.25, 0.3) is 0 Å². The molecule has 0 heterocycles. The number of nitrogens with zero attached hydrogens (tertiary/aromatic N) is 1. The number of amidine groups is 1. The summed E-state index contributed by atoms with van der Waals surface area (Å²) in [6.07, 6.45) is 5.43. The number of benzene rings is 1. The van der Waals surface area contributed by atoms with Crippen LogP contribution in [0.15, 0.2) is 29.4 Å². The van der Waals surface area contributed by atoms with Crippen molar-refractivity contribution in [3.8, 4) is 0 Å². The molecule has 0 amide bonds. The molecular formula is C15H23N3O. The molecule has 0 spiro atoms. The van der Waals surface area contributed by atoms with E-state index in [4.69, 9.17) is 10.9 Å². The van der Waals surface area contributed by atoms with E-state index in [1.165, 1.54) is 25.7 Å². The van der Waals surface area contributed by atoms with Gasteiger partial charge in [-0.3, -0.25) is 0 Å². The molecule has 0 unspecified atom stereocenters. The number of nitrogens with two attached hydrogens (primary N) is 1. The lowest BCUT2D eigenvalue weighted by molar-refractivity contribution is 0.318. The Balaban J connectivity index is 1.92. The fourth-order valence-corrected chi connectivity index (χ4v) is 2.80. The highest BCUT2D eigenvalue weighted by molar-refractivity contribution is 5.97. The minimum absolute atomic E-state index is 0.158. The van der Waals surface area contributed by atoms with E-state index in [9.17, 15) is 0 Å². The van der Waals surface area contributed by atoms with Crippen molar-refractivity contribution >= 4 is 5.84 Å². The maximum atomic E-state index is 8.69. The molecule has 4 N–H and O–H groups in total. The molecule has 19 heavy (non-hydrogen) atoms. The molecule has 2 rings (SSSR count). The first kappa shape index (κ1) is 13.9. The van der Waals surface area contributed by atoms with Crippen LogP contribution < -0.4 is 11.1 Å². The molecule has 0 aromatic heterocycles.